The van der Waals surface area contributed by atoms with Crippen molar-refractivity contribution in [2.75, 3.05) is 25.0 Å². The number of carbonyl (C=O) groups excluding carboxylic acids is 2. The first-order valence-electron chi connectivity index (χ1n) is 6.98. The third kappa shape index (κ3) is 4.09. The van der Waals surface area contributed by atoms with E-state index in [0.717, 1.165) is 16.5 Å². The molecule has 0 radical (unpaired) electrons. The zero-order valence-corrected chi connectivity index (χ0v) is 12.5. The molecule has 3 amide bonds. The Morgan fingerprint density at radius 2 is 1.91 bits per heavy atom. The number of hydrogen-bond acceptors (Lipinski definition) is 3. The monoisotopic (exact) mass is 297 g/mol. The number of anilines is 1. The van der Waals surface area contributed by atoms with Gasteiger partial charge in [-0.25, -0.2) is 4.79 Å². The van der Waals surface area contributed by atoms with Crippen molar-refractivity contribution in [1.29, 1.82) is 0 Å². The molecule has 0 saturated carbocycles. The molecule has 0 fully saturated rings. The molecule has 0 heterocycles. The molecule has 0 spiro atoms. The van der Waals surface area contributed by atoms with Crippen LogP contribution in [0.25, 0.3) is 10.8 Å². The number of nitrogens with one attached hydrogen (secondary N) is 2. The van der Waals surface area contributed by atoms with Crippen molar-refractivity contribution in [1.82, 2.24) is 10.6 Å². The number of likely N-dealkylation sites (N-methyl/N-ethyl adjacent to an activating group) is 1. The summed E-state index contributed by atoms with van der Waals surface area (Å²) in [4.78, 5) is 25.0. The summed E-state index contributed by atoms with van der Waals surface area (Å²) >= 11 is 0. The Kier molecular flexibility index (Phi) is 5.14. The SMILES string of the molecule is C=CCNC(=O)NC(=O)CN(C)c1ccc2ccccc2c1. The fourth-order valence-corrected chi connectivity index (χ4v) is 2.10. The lowest BCUT2D eigenvalue weighted by molar-refractivity contribution is -0.118. The Morgan fingerprint density at radius 1 is 1.18 bits per heavy atom. The van der Waals surface area contributed by atoms with E-state index in [-0.39, 0.29) is 12.5 Å². The topological polar surface area (TPSA) is 61.4 Å². The molecule has 2 N–H and O–H groups in total. The molecule has 0 bridgehead atoms. The van der Waals surface area contributed by atoms with Crippen molar-refractivity contribution in [2.45, 2.75) is 0 Å². The lowest BCUT2D eigenvalue weighted by Crippen LogP contribution is -2.43. The van der Waals surface area contributed by atoms with Gasteiger partial charge in [0.25, 0.3) is 0 Å². The number of benzene rings is 2. The number of amides is 3. The van der Waals surface area contributed by atoms with E-state index in [2.05, 4.69) is 17.2 Å². The molecule has 2 aromatic carbocycles. The van der Waals surface area contributed by atoms with E-state index in [0.29, 0.717) is 6.54 Å². The van der Waals surface area contributed by atoms with Gasteiger partial charge < -0.3 is 10.2 Å². The van der Waals surface area contributed by atoms with Crippen LogP contribution < -0.4 is 15.5 Å². The summed E-state index contributed by atoms with van der Waals surface area (Å²) in [5.41, 5.74) is 0.917. The van der Waals surface area contributed by atoms with E-state index in [1.54, 1.807) is 11.0 Å². The molecule has 5 heteroatoms. The highest BCUT2D eigenvalue weighted by Crippen LogP contribution is 2.20. The summed E-state index contributed by atoms with van der Waals surface area (Å²) in [7, 11) is 1.81. The summed E-state index contributed by atoms with van der Waals surface area (Å²) in [6, 6.07) is 13.5. The van der Waals surface area contributed by atoms with Crippen LogP contribution in [0.4, 0.5) is 10.5 Å². The average molecular weight is 297 g/mol. The Balaban J connectivity index is 1.98. The molecule has 2 rings (SSSR count). The van der Waals surface area contributed by atoms with E-state index < -0.39 is 6.03 Å². The fourth-order valence-electron chi connectivity index (χ4n) is 2.10. The molecule has 0 aromatic heterocycles. The normalized spacial score (nSPS) is 10.0. The second-order valence-corrected chi connectivity index (χ2v) is 4.93. The van der Waals surface area contributed by atoms with Crippen molar-refractivity contribution in [2.24, 2.45) is 0 Å². The molecule has 5 nitrogen and oxygen atoms in total. The van der Waals surface area contributed by atoms with Gasteiger partial charge >= 0.3 is 6.03 Å². The summed E-state index contributed by atoms with van der Waals surface area (Å²) < 4.78 is 0. The molecule has 0 aliphatic rings. The predicted molar refractivity (Wildman–Crippen MR) is 89.0 cm³/mol. The highest BCUT2D eigenvalue weighted by atomic mass is 16.2. The molecular formula is C17H19N3O2. The maximum atomic E-state index is 11.8. The van der Waals surface area contributed by atoms with Crippen LogP contribution in [0.5, 0.6) is 0 Å². The fraction of sp³-hybridized carbons (Fsp3) is 0.176. The number of rotatable bonds is 5. The lowest BCUT2D eigenvalue weighted by atomic mass is 10.1. The van der Waals surface area contributed by atoms with Crippen molar-refractivity contribution in [3.8, 4) is 0 Å². The Labute approximate surface area is 129 Å². The highest BCUT2D eigenvalue weighted by molar-refractivity contribution is 5.96. The molecular weight excluding hydrogens is 278 g/mol. The molecule has 0 saturated heterocycles. The van der Waals surface area contributed by atoms with Crippen molar-refractivity contribution >= 4 is 28.4 Å². The predicted octanol–water partition coefficient (Wildman–Crippen LogP) is 2.29. The number of urea groups is 1. The lowest BCUT2D eigenvalue weighted by Gasteiger charge is -2.19. The standard InChI is InChI=1S/C17H19N3O2/c1-3-10-18-17(22)19-16(21)12-20(2)15-9-8-13-6-4-5-7-14(13)11-15/h3-9,11H,1,10,12H2,2H3,(H2,18,19,21,22). The van der Waals surface area contributed by atoms with Gasteiger partial charge in [-0.2, -0.15) is 0 Å². The van der Waals surface area contributed by atoms with Gasteiger partial charge in [0.15, 0.2) is 0 Å². The van der Waals surface area contributed by atoms with Crippen LogP contribution in [0.2, 0.25) is 0 Å². The van der Waals surface area contributed by atoms with Gasteiger partial charge in [0.05, 0.1) is 6.54 Å². The van der Waals surface area contributed by atoms with Crippen molar-refractivity contribution in [3.05, 3.63) is 55.1 Å². The number of nitrogens with zero attached hydrogens (tertiary/aromatic N) is 1. The van der Waals surface area contributed by atoms with Crippen molar-refractivity contribution in [3.63, 3.8) is 0 Å². The Morgan fingerprint density at radius 3 is 2.64 bits per heavy atom. The number of fused-ring (bicyclic) bond motifs is 1. The van der Waals surface area contributed by atoms with Gasteiger partial charge in [-0.05, 0) is 22.9 Å². The molecule has 2 aromatic rings. The molecule has 0 aliphatic heterocycles. The number of carbonyl (C=O) groups is 2. The summed E-state index contributed by atoms with van der Waals surface area (Å²) in [5.74, 6) is -0.364. The van der Waals surface area contributed by atoms with E-state index in [1.807, 2.05) is 49.5 Å². The van der Waals surface area contributed by atoms with Crippen LogP contribution in [-0.2, 0) is 4.79 Å². The largest absolute Gasteiger partial charge is 0.365 e. The van der Waals surface area contributed by atoms with Gasteiger partial charge in [0.2, 0.25) is 5.91 Å². The van der Waals surface area contributed by atoms with Gasteiger partial charge in [0.1, 0.15) is 0 Å². The van der Waals surface area contributed by atoms with E-state index in [4.69, 9.17) is 0 Å². The van der Waals surface area contributed by atoms with Gasteiger partial charge in [0, 0.05) is 19.3 Å². The van der Waals surface area contributed by atoms with Crippen LogP contribution in [0, 0.1) is 0 Å². The van der Waals surface area contributed by atoms with Crippen LogP contribution in [0.15, 0.2) is 55.1 Å². The van der Waals surface area contributed by atoms with Crippen LogP contribution in [0.3, 0.4) is 0 Å². The zero-order chi connectivity index (χ0) is 15.9. The first-order valence-corrected chi connectivity index (χ1v) is 6.98. The minimum atomic E-state index is -0.517. The number of hydrogen-bond donors (Lipinski definition) is 2. The molecule has 114 valence electrons. The van der Waals surface area contributed by atoms with E-state index >= 15 is 0 Å². The van der Waals surface area contributed by atoms with E-state index in [9.17, 15) is 9.59 Å². The van der Waals surface area contributed by atoms with Gasteiger partial charge in [-0.3, -0.25) is 10.1 Å². The average Bonchev–Trinajstić information content (AvgIpc) is 2.52. The van der Waals surface area contributed by atoms with Crippen LogP contribution >= 0.6 is 0 Å². The smallest absolute Gasteiger partial charge is 0.321 e. The van der Waals surface area contributed by atoms with Crippen LogP contribution in [0.1, 0.15) is 0 Å². The number of imide groups is 1. The summed E-state index contributed by atoms with van der Waals surface area (Å²) in [6.07, 6.45) is 1.55. The second-order valence-electron chi connectivity index (χ2n) is 4.93. The third-order valence-electron chi connectivity index (χ3n) is 3.21. The van der Waals surface area contributed by atoms with Gasteiger partial charge in [-0.1, -0.05) is 36.4 Å². The molecule has 0 aliphatic carbocycles. The quantitative estimate of drug-likeness (QED) is 0.832. The Hall–Kier alpha value is -2.82. The first kappa shape index (κ1) is 15.6. The maximum absolute atomic E-state index is 11.8. The first-order chi connectivity index (χ1) is 10.6. The summed E-state index contributed by atoms with van der Waals surface area (Å²) in [5, 5.41) is 7.02. The molecule has 0 unspecified atom stereocenters. The highest BCUT2D eigenvalue weighted by Gasteiger charge is 2.10. The second kappa shape index (κ2) is 7.26. The maximum Gasteiger partial charge on any atom is 0.321 e. The van der Waals surface area contributed by atoms with Crippen LogP contribution in [-0.4, -0.2) is 32.1 Å². The minimum Gasteiger partial charge on any atom is -0.365 e. The zero-order valence-electron chi connectivity index (χ0n) is 12.5. The molecule has 0 atom stereocenters. The summed E-state index contributed by atoms with van der Waals surface area (Å²) in [6.45, 7) is 3.91. The van der Waals surface area contributed by atoms with E-state index in [1.165, 1.54) is 0 Å². The van der Waals surface area contributed by atoms with Gasteiger partial charge in [-0.15, -0.1) is 6.58 Å². The molecule has 22 heavy (non-hydrogen) atoms. The minimum absolute atomic E-state index is 0.0971. The Bertz CT molecular complexity index is 697. The third-order valence-corrected chi connectivity index (χ3v) is 3.21. The van der Waals surface area contributed by atoms with Crippen molar-refractivity contribution < 1.29 is 9.59 Å².